The summed E-state index contributed by atoms with van der Waals surface area (Å²) < 4.78 is 2.80. The second kappa shape index (κ2) is 5.03. The van der Waals surface area contributed by atoms with Gasteiger partial charge >= 0.3 is 0 Å². The third-order valence-corrected chi connectivity index (χ3v) is 4.66. The number of hydrogen-bond acceptors (Lipinski definition) is 5. The van der Waals surface area contributed by atoms with Crippen LogP contribution in [0.15, 0.2) is 58.9 Å². The number of allylic oxidation sites excluding steroid dienone is 5. The topological polar surface area (TPSA) is 77.5 Å². The van der Waals surface area contributed by atoms with Crippen LogP contribution >= 0.6 is 11.3 Å². The lowest BCUT2D eigenvalue weighted by atomic mass is 10.1. The van der Waals surface area contributed by atoms with E-state index >= 15 is 0 Å². The number of carbonyl (C=O) groups is 1. The molecule has 1 aliphatic rings. The molecule has 6 heteroatoms. The molecule has 3 aromatic rings. The molecule has 1 aliphatic carbocycles. The third-order valence-electron chi connectivity index (χ3n) is 3.63. The van der Waals surface area contributed by atoms with Gasteiger partial charge in [0.15, 0.2) is 10.7 Å². The Balaban J connectivity index is 2.01. The van der Waals surface area contributed by atoms with Gasteiger partial charge in [0.25, 0.3) is 5.56 Å². The molecule has 1 aromatic carbocycles. The number of ketones is 1. The predicted octanol–water partition coefficient (Wildman–Crippen LogP) is 2.57. The van der Waals surface area contributed by atoms with Gasteiger partial charge in [-0.05, 0) is 35.9 Å². The van der Waals surface area contributed by atoms with E-state index in [1.165, 1.54) is 23.5 Å². The number of fused-ring (bicyclic) bond motifs is 3. The lowest BCUT2D eigenvalue weighted by Crippen LogP contribution is -2.16. The van der Waals surface area contributed by atoms with Crippen molar-refractivity contribution in [1.82, 2.24) is 9.38 Å². The summed E-state index contributed by atoms with van der Waals surface area (Å²) in [5, 5.41) is 0. The number of thiazole rings is 1. The first-order chi connectivity index (χ1) is 11.1. The first-order valence-corrected chi connectivity index (χ1v) is 7.77. The van der Waals surface area contributed by atoms with Crippen molar-refractivity contribution in [3.63, 3.8) is 0 Å². The lowest BCUT2D eigenvalue weighted by molar-refractivity contribution is -0.110. The molecule has 0 saturated heterocycles. The molecular formula is C17H11N3O2S. The highest BCUT2D eigenvalue weighted by Gasteiger charge is 2.13. The van der Waals surface area contributed by atoms with Crippen LogP contribution in [-0.4, -0.2) is 15.2 Å². The first kappa shape index (κ1) is 13.7. The number of rotatable bonds is 1. The molecule has 2 heterocycles. The van der Waals surface area contributed by atoms with Crippen LogP contribution in [0.3, 0.4) is 0 Å². The number of carbonyl (C=O) groups excluding carboxylic acids is 1. The Labute approximate surface area is 134 Å². The van der Waals surface area contributed by atoms with E-state index in [1.54, 1.807) is 22.6 Å². The van der Waals surface area contributed by atoms with Crippen molar-refractivity contribution >= 4 is 44.2 Å². The number of aromatic nitrogens is 2. The highest BCUT2D eigenvalue weighted by atomic mass is 32.1. The van der Waals surface area contributed by atoms with Crippen LogP contribution in [0.1, 0.15) is 5.56 Å². The average Bonchev–Trinajstić information content (AvgIpc) is 2.91. The zero-order valence-electron chi connectivity index (χ0n) is 11.9. The molecule has 112 valence electrons. The summed E-state index contributed by atoms with van der Waals surface area (Å²) in [6, 6.07) is 7.76. The maximum Gasteiger partial charge on any atom is 0.283 e. The molecule has 0 radical (unpaired) electrons. The zero-order chi connectivity index (χ0) is 16.0. The summed E-state index contributed by atoms with van der Waals surface area (Å²) in [5.41, 5.74) is 7.84. The summed E-state index contributed by atoms with van der Waals surface area (Å²) >= 11 is 1.42. The van der Waals surface area contributed by atoms with Gasteiger partial charge in [-0.25, -0.2) is 0 Å². The van der Waals surface area contributed by atoms with Crippen LogP contribution in [0.2, 0.25) is 0 Å². The van der Waals surface area contributed by atoms with Crippen LogP contribution in [0.25, 0.3) is 21.3 Å². The maximum atomic E-state index is 12.3. The number of hydrogen-bond donors (Lipinski definition) is 1. The molecule has 2 aromatic heterocycles. The van der Waals surface area contributed by atoms with Gasteiger partial charge < -0.3 is 5.73 Å². The Hall–Kier alpha value is -2.99. The van der Waals surface area contributed by atoms with Gasteiger partial charge in [0.1, 0.15) is 5.82 Å². The van der Waals surface area contributed by atoms with Crippen molar-refractivity contribution in [2.45, 2.75) is 0 Å². The van der Waals surface area contributed by atoms with Crippen LogP contribution in [-0.2, 0) is 4.79 Å². The summed E-state index contributed by atoms with van der Waals surface area (Å²) in [6.45, 7) is 0. The molecule has 0 spiro atoms. The number of nitrogen functional groups attached to an aromatic ring is 1. The fraction of sp³-hybridized carbons (Fsp3) is 0. The molecular weight excluding hydrogens is 310 g/mol. The summed E-state index contributed by atoms with van der Waals surface area (Å²) in [4.78, 5) is 28.2. The number of nitrogens with zero attached hydrogens (tertiary/aromatic N) is 2. The smallest absolute Gasteiger partial charge is 0.283 e. The Morgan fingerprint density at radius 1 is 1.09 bits per heavy atom. The van der Waals surface area contributed by atoms with Gasteiger partial charge in [0.05, 0.1) is 15.8 Å². The SMILES string of the molecule is Nc1c(C=C2C=CC(=O)C=C2)c(=O)nc2sc3ccccc3n12. The maximum absolute atomic E-state index is 12.3. The van der Waals surface area contributed by atoms with Crippen LogP contribution in [0, 0.1) is 0 Å². The van der Waals surface area contributed by atoms with Crippen molar-refractivity contribution in [2.24, 2.45) is 0 Å². The minimum absolute atomic E-state index is 0.0794. The Bertz CT molecular complexity index is 1100. The molecule has 0 amide bonds. The van der Waals surface area contributed by atoms with Crippen LogP contribution in [0.4, 0.5) is 5.82 Å². The van der Waals surface area contributed by atoms with E-state index in [9.17, 15) is 9.59 Å². The zero-order valence-corrected chi connectivity index (χ0v) is 12.7. The second-order valence-corrected chi connectivity index (χ2v) is 6.13. The van der Waals surface area contributed by atoms with Gasteiger partial charge in [0.2, 0.25) is 0 Å². The molecule has 0 aliphatic heterocycles. The van der Waals surface area contributed by atoms with Crippen LogP contribution in [0.5, 0.6) is 0 Å². The first-order valence-electron chi connectivity index (χ1n) is 6.95. The van der Waals surface area contributed by atoms with Crippen molar-refractivity contribution < 1.29 is 4.79 Å². The monoisotopic (exact) mass is 321 g/mol. The molecule has 2 N–H and O–H groups in total. The lowest BCUT2D eigenvalue weighted by Gasteiger charge is -2.06. The Morgan fingerprint density at radius 3 is 2.61 bits per heavy atom. The molecule has 5 nitrogen and oxygen atoms in total. The number of benzene rings is 1. The van der Waals surface area contributed by atoms with Gasteiger partial charge in [-0.1, -0.05) is 35.6 Å². The highest BCUT2D eigenvalue weighted by molar-refractivity contribution is 7.23. The van der Waals surface area contributed by atoms with E-state index < -0.39 is 0 Å². The van der Waals surface area contributed by atoms with Crippen molar-refractivity contribution in [3.8, 4) is 0 Å². The normalized spacial score (nSPS) is 14.1. The van der Waals surface area contributed by atoms with E-state index in [0.29, 0.717) is 16.3 Å². The molecule has 0 fully saturated rings. The molecule has 0 bridgehead atoms. The Morgan fingerprint density at radius 2 is 1.83 bits per heavy atom. The fourth-order valence-corrected chi connectivity index (χ4v) is 3.55. The quantitative estimate of drug-likeness (QED) is 0.747. The van der Waals surface area contributed by atoms with Crippen LogP contribution < -0.4 is 11.3 Å². The third kappa shape index (κ3) is 2.20. The van der Waals surface area contributed by atoms with Gasteiger partial charge in [-0.3, -0.25) is 14.0 Å². The van der Waals surface area contributed by atoms with E-state index in [0.717, 1.165) is 15.8 Å². The number of nitrogens with two attached hydrogens (primary N) is 1. The minimum Gasteiger partial charge on any atom is -0.384 e. The molecule has 4 rings (SSSR count). The molecule has 0 atom stereocenters. The standard InChI is InChI=1S/C17H11N3O2S/c18-15-12(9-10-5-7-11(21)8-6-10)16(22)19-17-20(15)13-3-1-2-4-14(13)23-17/h1-9H,18H2. The predicted molar refractivity (Wildman–Crippen MR) is 92.5 cm³/mol. The van der Waals surface area contributed by atoms with E-state index in [1.807, 2.05) is 24.3 Å². The number of para-hydroxylation sites is 1. The van der Waals surface area contributed by atoms with Crippen molar-refractivity contribution in [3.05, 3.63) is 70.1 Å². The Kier molecular flexibility index (Phi) is 2.99. The van der Waals surface area contributed by atoms with E-state index in [-0.39, 0.29) is 11.3 Å². The average molecular weight is 321 g/mol. The summed E-state index contributed by atoms with van der Waals surface area (Å²) in [5.74, 6) is 0.271. The summed E-state index contributed by atoms with van der Waals surface area (Å²) in [7, 11) is 0. The van der Waals surface area contributed by atoms with Gasteiger partial charge in [-0.15, -0.1) is 0 Å². The molecule has 0 unspecified atom stereocenters. The second-order valence-electron chi connectivity index (χ2n) is 5.12. The largest absolute Gasteiger partial charge is 0.384 e. The van der Waals surface area contributed by atoms with Gasteiger partial charge in [-0.2, -0.15) is 4.98 Å². The minimum atomic E-state index is -0.375. The van der Waals surface area contributed by atoms with Gasteiger partial charge in [0, 0.05) is 0 Å². The van der Waals surface area contributed by atoms with E-state index in [4.69, 9.17) is 5.73 Å². The number of anilines is 1. The fourth-order valence-electron chi connectivity index (χ4n) is 2.52. The van der Waals surface area contributed by atoms with Crippen molar-refractivity contribution in [2.75, 3.05) is 5.73 Å². The highest BCUT2D eigenvalue weighted by Crippen LogP contribution is 2.28. The summed E-state index contributed by atoms with van der Waals surface area (Å²) in [6.07, 6.45) is 7.86. The van der Waals surface area contributed by atoms with Crippen molar-refractivity contribution in [1.29, 1.82) is 0 Å². The van der Waals surface area contributed by atoms with E-state index in [2.05, 4.69) is 4.98 Å². The molecule has 0 saturated carbocycles. The molecule has 23 heavy (non-hydrogen) atoms.